The summed E-state index contributed by atoms with van der Waals surface area (Å²) < 4.78 is -2.38. The van der Waals surface area contributed by atoms with E-state index in [4.69, 9.17) is 21.1 Å². The fraction of sp³-hybridized carbons (Fsp3) is 0.667. The molecule has 0 heterocycles. The summed E-state index contributed by atoms with van der Waals surface area (Å²) >= 11 is -1.63. The Morgan fingerprint density at radius 1 is 1.00 bits per heavy atom. The molecular weight excluding hydrogens is 293 g/mol. The molecule has 0 aliphatic carbocycles. The van der Waals surface area contributed by atoms with Crippen molar-refractivity contribution in [2.75, 3.05) is 6.54 Å². The van der Waals surface area contributed by atoms with Gasteiger partial charge >= 0.3 is 104 Å². The van der Waals surface area contributed by atoms with Gasteiger partial charge in [0.25, 0.3) is 0 Å². The van der Waals surface area contributed by atoms with Crippen molar-refractivity contribution in [3.63, 3.8) is 0 Å². The quantitative estimate of drug-likeness (QED) is 0.253. The van der Waals surface area contributed by atoms with Gasteiger partial charge in [-0.25, -0.2) is 0 Å². The average molecular weight is 309 g/mol. The maximum absolute atomic E-state index is 10.9. The number of rotatable bonds is 9. The maximum atomic E-state index is 10.9. The number of hydrogen-bond donors (Lipinski definition) is 4. The molecule has 0 bridgehead atoms. The first-order valence-electron chi connectivity index (χ1n) is 5.04. The molecule has 0 saturated heterocycles. The molecule has 8 heteroatoms. The average Bonchev–Trinajstić information content (AvgIpc) is 2.21. The van der Waals surface area contributed by atoms with Crippen molar-refractivity contribution in [1.82, 2.24) is 0 Å². The molecule has 98 valence electrons. The zero-order valence-corrected chi connectivity index (χ0v) is 11.2. The first-order valence-corrected chi connectivity index (χ1v) is 7.47. The van der Waals surface area contributed by atoms with Gasteiger partial charge in [-0.1, -0.05) is 0 Å². The normalized spacial score (nSPS) is 13.1. The van der Waals surface area contributed by atoms with Crippen LogP contribution in [0.15, 0.2) is 0 Å². The molecule has 0 radical (unpaired) electrons. The van der Waals surface area contributed by atoms with E-state index >= 15 is 0 Å². The fourth-order valence-corrected chi connectivity index (χ4v) is 3.74. The van der Waals surface area contributed by atoms with Gasteiger partial charge in [0.2, 0.25) is 0 Å². The molecule has 17 heavy (non-hydrogen) atoms. The van der Waals surface area contributed by atoms with Crippen molar-refractivity contribution >= 4 is 33.7 Å². The zero-order valence-electron chi connectivity index (χ0n) is 9.13. The predicted octanol–water partition coefficient (Wildman–Crippen LogP) is -0.617. The van der Waals surface area contributed by atoms with Crippen LogP contribution in [0.5, 0.6) is 0 Å². The Kier molecular flexibility index (Phi) is 7.57. The van der Waals surface area contributed by atoms with Crippen molar-refractivity contribution in [3.05, 3.63) is 0 Å². The first-order chi connectivity index (χ1) is 7.90. The molecule has 0 aromatic heterocycles. The summed E-state index contributed by atoms with van der Waals surface area (Å²) in [6.07, 6.45) is 1.52. The molecule has 0 aromatic rings. The Balaban J connectivity index is 4.45. The molecule has 0 fully saturated rings. The third-order valence-electron chi connectivity index (χ3n) is 2.11. The second kappa shape index (κ2) is 8.08. The van der Waals surface area contributed by atoms with Gasteiger partial charge < -0.3 is 0 Å². The minimum atomic E-state index is -1.63. The summed E-state index contributed by atoms with van der Waals surface area (Å²) in [5, 5.41) is 26.3. The van der Waals surface area contributed by atoms with Crippen molar-refractivity contribution < 1.29 is 29.7 Å². The van der Waals surface area contributed by atoms with E-state index in [2.05, 4.69) is 0 Å². The van der Waals surface area contributed by atoms with Crippen LogP contribution in [0.4, 0.5) is 0 Å². The Hall–Kier alpha value is -1.07. The van der Waals surface area contributed by atoms with E-state index < -0.39 is 43.1 Å². The Morgan fingerprint density at radius 2 is 1.53 bits per heavy atom. The Morgan fingerprint density at radius 3 is 1.88 bits per heavy atom. The van der Waals surface area contributed by atoms with Gasteiger partial charge in [0.05, 0.1) is 0 Å². The standard InChI is InChI=1S/C9H16AsNO6/c11-4-2-1-3-5(7(12)13)10-6(8(14)15)9(16)17/h5-6,10H,1-4,11H2,(H,12,13)(H,14,15)(H,16,17). The van der Waals surface area contributed by atoms with Gasteiger partial charge in [0, 0.05) is 0 Å². The predicted molar refractivity (Wildman–Crippen MR) is 60.5 cm³/mol. The van der Waals surface area contributed by atoms with Gasteiger partial charge in [-0.3, -0.25) is 0 Å². The Bertz CT molecular complexity index is 281. The van der Waals surface area contributed by atoms with Crippen LogP contribution in [0.25, 0.3) is 0 Å². The van der Waals surface area contributed by atoms with Gasteiger partial charge in [-0.2, -0.15) is 0 Å². The van der Waals surface area contributed by atoms with E-state index in [1.807, 2.05) is 0 Å². The van der Waals surface area contributed by atoms with E-state index in [-0.39, 0.29) is 0 Å². The molecule has 7 nitrogen and oxygen atoms in total. The van der Waals surface area contributed by atoms with E-state index in [0.717, 1.165) is 0 Å². The van der Waals surface area contributed by atoms with Gasteiger partial charge in [0.15, 0.2) is 0 Å². The van der Waals surface area contributed by atoms with E-state index in [0.29, 0.717) is 25.8 Å². The number of carboxylic acid groups (broad SMARTS) is 3. The number of carboxylic acids is 3. The van der Waals surface area contributed by atoms with E-state index in [9.17, 15) is 14.4 Å². The number of unbranched alkanes of at least 4 members (excludes halogenated alkanes) is 1. The molecule has 0 aromatic carbocycles. The summed E-state index contributed by atoms with van der Waals surface area (Å²) in [6.45, 7) is 0.438. The van der Waals surface area contributed by atoms with Crippen molar-refractivity contribution in [2.24, 2.45) is 5.73 Å². The second-order valence-electron chi connectivity index (χ2n) is 3.45. The van der Waals surface area contributed by atoms with Crippen LogP contribution < -0.4 is 5.73 Å². The van der Waals surface area contributed by atoms with Crippen LogP contribution in [0.3, 0.4) is 0 Å². The van der Waals surface area contributed by atoms with Crippen LogP contribution in [0.2, 0.25) is 9.41 Å². The molecule has 0 saturated carbocycles. The van der Waals surface area contributed by atoms with Gasteiger partial charge in [-0.15, -0.1) is 0 Å². The van der Waals surface area contributed by atoms with Crippen LogP contribution >= 0.6 is 0 Å². The summed E-state index contributed by atoms with van der Waals surface area (Å²) in [6, 6.07) is 0. The topological polar surface area (TPSA) is 138 Å². The first kappa shape index (κ1) is 15.9. The number of aliphatic carboxylic acids is 3. The molecule has 0 aliphatic heterocycles. The van der Waals surface area contributed by atoms with Crippen LogP contribution in [0, 0.1) is 0 Å². The van der Waals surface area contributed by atoms with E-state index in [1.54, 1.807) is 0 Å². The SMILES string of the molecule is NCCCCC([AsH]C(C(=O)O)C(=O)O)C(=O)O. The van der Waals surface area contributed by atoms with Gasteiger partial charge in [-0.05, 0) is 0 Å². The summed E-state index contributed by atoms with van der Waals surface area (Å²) in [7, 11) is 0. The fourth-order valence-electron chi connectivity index (χ4n) is 1.22. The van der Waals surface area contributed by atoms with Gasteiger partial charge in [0.1, 0.15) is 0 Å². The third-order valence-corrected chi connectivity index (χ3v) is 5.81. The number of hydrogen-bond acceptors (Lipinski definition) is 4. The second-order valence-corrected chi connectivity index (χ2v) is 6.82. The van der Waals surface area contributed by atoms with E-state index in [1.165, 1.54) is 0 Å². The van der Waals surface area contributed by atoms with Crippen molar-refractivity contribution in [3.8, 4) is 0 Å². The zero-order chi connectivity index (χ0) is 13.4. The number of carbonyl (C=O) groups is 3. The Labute approximate surface area is 105 Å². The number of nitrogens with two attached hydrogens (primary N) is 1. The summed E-state index contributed by atoms with van der Waals surface area (Å²) in [4.78, 5) is 32.2. The van der Waals surface area contributed by atoms with Crippen LogP contribution in [0.1, 0.15) is 19.3 Å². The molecule has 0 aliphatic rings. The molecule has 2 unspecified atom stereocenters. The summed E-state index contributed by atoms with van der Waals surface area (Å²) in [5.41, 5.74) is 5.26. The molecular formula is C9H16AsNO6. The summed E-state index contributed by atoms with van der Waals surface area (Å²) in [5.74, 6) is -4.03. The molecule has 0 spiro atoms. The molecule has 5 N–H and O–H groups in total. The van der Waals surface area contributed by atoms with Crippen molar-refractivity contribution in [1.29, 1.82) is 0 Å². The minimum absolute atomic E-state index is 0.295. The molecule has 0 rings (SSSR count). The monoisotopic (exact) mass is 309 g/mol. The molecule has 0 amide bonds. The third kappa shape index (κ3) is 6.28. The van der Waals surface area contributed by atoms with Crippen molar-refractivity contribution in [2.45, 2.75) is 28.7 Å². The van der Waals surface area contributed by atoms with Crippen LogP contribution in [-0.4, -0.2) is 55.5 Å². The molecule has 2 atom stereocenters. The van der Waals surface area contributed by atoms with Crippen LogP contribution in [-0.2, 0) is 14.4 Å².